The lowest BCUT2D eigenvalue weighted by Crippen LogP contribution is -2.51. The van der Waals surface area contributed by atoms with Gasteiger partial charge in [0.2, 0.25) is 0 Å². The molecule has 1 aromatic carbocycles. The quantitative estimate of drug-likeness (QED) is 0.269. The van der Waals surface area contributed by atoms with E-state index in [0.29, 0.717) is 17.6 Å². The van der Waals surface area contributed by atoms with Crippen LogP contribution in [0.3, 0.4) is 0 Å². The highest BCUT2D eigenvalue weighted by molar-refractivity contribution is 5.36. The lowest BCUT2D eigenvalue weighted by atomic mass is 9.94. The van der Waals surface area contributed by atoms with E-state index in [0.717, 1.165) is 65.0 Å². The maximum absolute atomic E-state index is 8.95. The van der Waals surface area contributed by atoms with Gasteiger partial charge in [0.05, 0.1) is 18.2 Å². The summed E-state index contributed by atoms with van der Waals surface area (Å²) in [5.41, 5.74) is 9.14. The van der Waals surface area contributed by atoms with Crippen molar-refractivity contribution in [2.45, 2.75) is 92.2 Å². The number of allylic oxidation sites excluding steroid dienone is 5. The fourth-order valence-electron chi connectivity index (χ4n) is 5.43. The number of benzene rings is 1. The number of rotatable bonds is 7. The van der Waals surface area contributed by atoms with Gasteiger partial charge in [-0.05, 0) is 92.0 Å². The van der Waals surface area contributed by atoms with Crippen LogP contribution < -0.4 is 5.73 Å². The molecule has 2 heterocycles. The third kappa shape index (κ3) is 13.4. The Bertz CT molecular complexity index is 1030. The highest BCUT2D eigenvalue weighted by Crippen LogP contribution is 2.29. The van der Waals surface area contributed by atoms with E-state index >= 15 is 0 Å². The summed E-state index contributed by atoms with van der Waals surface area (Å²) in [7, 11) is 0. The first-order chi connectivity index (χ1) is 20.3. The minimum Gasteiger partial charge on any atom is -0.377 e. The summed E-state index contributed by atoms with van der Waals surface area (Å²) >= 11 is 0. The normalized spacial score (nSPS) is 23.3. The number of piperidine rings is 1. The van der Waals surface area contributed by atoms with Crippen molar-refractivity contribution in [2.24, 2.45) is 17.6 Å². The van der Waals surface area contributed by atoms with Crippen LogP contribution in [-0.2, 0) is 4.74 Å². The zero-order valence-electron chi connectivity index (χ0n) is 27.5. The van der Waals surface area contributed by atoms with E-state index in [1.807, 2.05) is 71.0 Å². The van der Waals surface area contributed by atoms with Gasteiger partial charge in [-0.2, -0.15) is 10.5 Å². The SMILES string of the molecule is CC.CCOC1CCCC1(C)N.C\C=C(C#N)/C=C\C(=C/C)N1CC(CN2CCC(C#N)CC2)C1.Cc1ccccc1. The Morgan fingerprint density at radius 1 is 1.05 bits per heavy atom. The molecule has 42 heavy (non-hydrogen) atoms. The van der Waals surface area contributed by atoms with E-state index in [2.05, 4.69) is 54.0 Å². The molecule has 0 spiro atoms. The first-order valence-electron chi connectivity index (χ1n) is 16.0. The standard InChI is InChI=1S/C19H26N4.C8H17NO.C7H8.C2H6/c1-3-16(11-20)5-6-19(4-2)23-14-18(15-23)13-22-9-7-17(12-21)8-10-22;1-3-10-7-5-4-6-8(7,2)9;1-7-5-3-2-4-6-7;1-2/h3-6,17-18H,7-10,13-15H2,1-2H3;7H,3-6,9H2,1-2H3;2-6H,1H3;1-2H3/b6-5-,16-3+,19-4+;;;. The van der Waals surface area contributed by atoms with Gasteiger partial charge in [-0.15, -0.1) is 0 Å². The van der Waals surface area contributed by atoms with Crippen molar-refractivity contribution in [1.29, 1.82) is 10.5 Å². The molecular weight excluding hydrogens is 518 g/mol. The van der Waals surface area contributed by atoms with Gasteiger partial charge in [-0.1, -0.05) is 61.9 Å². The average Bonchev–Trinajstić information content (AvgIpc) is 3.33. The second kappa shape index (κ2) is 20.9. The number of aryl methyl sites for hydroxylation is 1. The Labute approximate surface area is 257 Å². The summed E-state index contributed by atoms with van der Waals surface area (Å²) in [5.74, 6) is 0.985. The monoisotopic (exact) mass is 575 g/mol. The molecule has 6 heteroatoms. The van der Waals surface area contributed by atoms with Crippen LogP contribution in [0.1, 0.15) is 79.2 Å². The van der Waals surface area contributed by atoms with Gasteiger partial charge < -0.3 is 20.3 Å². The van der Waals surface area contributed by atoms with E-state index < -0.39 is 0 Å². The maximum Gasteiger partial charge on any atom is 0.0988 e. The molecule has 2 N–H and O–H groups in total. The van der Waals surface area contributed by atoms with Gasteiger partial charge in [0, 0.05) is 54.9 Å². The predicted octanol–water partition coefficient (Wildman–Crippen LogP) is 7.40. The molecule has 0 amide bonds. The average molecular weight is 576 g/mol. The molecule has 232 valence electrons. The van der Waals surface area contributed by atoms with E-state index in [4.69, 9.17) is 21.0 Å². The summed E-state index contributed by atoms with van der Waals surface area (Å²) in [5, 5.41) is 17.9. The van der Waals surface area contributed by atoms with Gasteiger partial charge in [-0.3, -0.25) is 0 Å². The van der Waals surface area contributed by atoms with Crippen LogP contribution in [0, 0.1) is 41.4 Å². The minimum atomic E-state index is -0.0595. The zero-order valence-corrected chi connectivity index (χ0v) is 27.5. The minimum absolute atomic E-state index is 0.0595. The van der Waals surface area contributed by atoms with E-state index in [1.165, 1.54) is 17.7 Å². The van der Waals surface area contributed by atoms with Crippen molar-refractivity contribution in [3.8, 4) is 12.1 Å². The lowest BCUT2D eigenvalue weighted by Gasteiger charge is -2.44. The van der Waals surface area contributed by atoms with Crippen LogP contribution in [0.5, 0.6) is 0 Å². The van der Waals surface area contributed by atoms with Crippen LogP contribution in [0.25, 0.3) is 0 Å². The first-order valence-corrected chi connectivity index (χ1v) is 16.0. The molecule has 1 aromatic rings. The second-order valence-electron chi connectivity index (χ2n) is 11.4. The molecule has 1 saturated carbocycles. The zero-order chi connectivity index (χ0) is 31.4. The largest absolute Gasteiger partial charge is 0.377 e. The van der Waals surface area contributed by atoms with Crippen molar-refractivity contribution in [3.63, 3.8) is 0 Å². The smallest absolute Gasteiger partial charge is 0.0988 e. The van der Waals surface area contributed by atoms with Crippen molar-refractivity contribution >= 4 is 0 Å². The number of ether oxygens (including phenoxy) is 1. The van der Waals surface area contributed by atoms with Crippen molar-refractivity contribution in [1.82, 2.24) is 9.80 Å². The van der Waals surface area contributed by atoms with Crippen LogP contribution in [0.15, 0.2) is 65.9 Å². The van der Waals surface area contributed by atoms with E-state index in [1.54, 1.807) is 0 Å². The number of nitrogens with two attached hydrogens (primary N) is 1. The number of hydrogen-bond acceptors (Lipinski definition) is 6. The molecule has 3 aliphatic rings. The number of nitriles is 2. The van der Waals surface area contributed by atoms with Gasteiger partial charge in [0.25, 0.3) is 0 Å². The van der Waals surface area contributed by atoms with Gasteiger partial charge >= 0.3 is 0 Å². The van der Waals surface area contributed by atoms with Crippen LogP contribution in [0.4, 0.5) is 0 Å². The Kier molecular flexibility index (Phi) is 18.5. The Balaban J connectivity index is 0.000000378. The molecule has 0 bridgehead atoms. The van der Waals surface area contributed by atoms with Crippen molar-refractivity contribution in [2.75, 3.05) is 39.3 Å². The molecule has 2 unspecified atom stereocenters. The Hall–Kier alpha value is -2.90. The number of nitrogens with zero attached hydrogens (tertiary/aromatic N) is 4. The summed E-state index contributed by atoms with van der Waals surface area (Å²) in [4.78, 5) is 4.88. The topological polar surface area (TPSA) is 89.3 Å². The third-order valence-electron chi connectivity index (χ3n) is 8.00. The molecule has 2 saturated heterocycles. The van der Waals surface area contributed by atoms with Gasteiger partial charge in [0.1, 0.15) is 0 Å². The highest BCUT2D eigenvalue weighted by Gasteiger charge is 2.35. The fourth-order valence-corrected chi connectivity index (χ4v) is 5.43. The van der Waals surface area contributed by atoms with Crippen LogP contribution >= 0.6 is 0 Å². The molecule has 3 fully saturated rings. The highest BCUT2D eigenvalue weighted by atomic mass is 16.5. The summed E-state index contributed by atoms with van der Waals surface area (Å²) < 4.78 is 5.49. The molecule has 0 aromatic heterocycles. The summed E-state index contributed by atoms with van der Waals surface area (Å²) in [6.45, 7) is 20.4. The number of hydrogen-bond donors (Lipinski definition) is 1. The predicted molar refractivity (Wildman–Crippen MR) is 176 cm³/mol. The molecule has 0 radical (unpaired) electrons. The molecular formula is C36H57N5O. The molecule has 2 atom stereocenters. The van der Waals surface area contributed by atoms with Gasteiger partial charge in [0.15, 0.2) is 0 Å². The molecule has 1 aliphatic carbocycles. The maximum atomic E-state index is 8.95. The summed E-state index contributed by atoms with van der Waals surface area (Å²) in [6.07, 6.45) is 13.7. The van der Waals surface area contributed by atoms with Crippen LogP contribution in [-0.4, -0.2) is 60.8 Å². The Morgan fingerprint density at radius 3 is 2.12 bits per heavy atom. The second-order valence-corrected chi connectivity index (χ2v) is 11.4. The van der Waals surface area contributed by atoms with E-state index in [-0.39, 0.29) is 11.5 Å². The molecule has 2 aliphatic heterocycles. The van der Waals surface area contributed by atoms with Crippen LogP contribution in [0.2, 0.25) is 0 Å². The first kappa shape index (κ1) is 37.1. The number of likely N-dealkylation sites (tertiary alicyclic amines) is 2. The third-order valence-corrected chi connectivity index (χ3v) is 8.00. The van der Waals surface area contributed by atoms with E-state index in [9.17, 15) is 0 Å². The van der Waals surface area contributed by atoms with Crippen molar-refractivity contribution in [3.05, 3.63) is 71.5 Å². The molecule has 6 nitrogen and oxygen atoms in total. The Morgan fingerprint density at radius 2 is 1.69 bits per heavy atom. The summed E-state index contributed by atoms with van der Waals surface area (Å²) in [6, 6.07) is 14.8. The lowest BCUT2D eigenvalue weighted by molar-refractivity contribution is 0.0290. The fraction of sp³-hybridized carbons (Fsp3) is 0.611. The molecule has 4 rings (SSSR count). The van der Waals surface area contributed by atoms with Gasteiger partial charge in [-0.25, -0.2) is 0 Å². The van der Waals surface area contributed by atoms with Crippen molar-refractivity contribution < 1.29 is 4.74 Å².